The van der Waals surface area contributed by atoms with Gasteiger partial charge in [0.1, 0.15) is 0 Å². The number of benzene rings is 1. The van der Waals surface area contributed by atoms with E-state index in [2.05, 4.69) is 37.9 Å². The highest BCUT2D eigenvalue weighted by Crippen LogP contribution is 2.31. The SMILES string of the molecule is CCSc1cccc(N(C)C(CC)CC)c1/C(N)=N/O. The molecule has 0 unspecified atom stereocenters. The van der Waals surface area contributed by atoms with E-state index in [4.69, 9.17) is 10.9 Å². The van der Waals surface area contributed by atoms with Crippen LogP contribution in [0.3, 0.4) is 0 Å². The minimum Gasteiger partial charge on any atom is -0.409 e. The van der Waals surface area contributed by atoms with Crippen molar-refractivity contribution in [3.63, 3.8) is 0 Å². The molecule has 1 aromatic carbocycles. The maximum atomic E-state index is 9.08. The van der Waals surface area contributed by atoms with Crippen LogP contribution in [0.15, 0.2) is 28.3 Å². The third-order valence-corrected chi connectivity index (χ3v) is 4.48. The molecule has 0 aliphatic heterocycles. The van der Waals surface area contributed by atoms with Gasteiger partial charge in [-0.15, -0.1) is 11.8 Å². The van der Waals surface area contributed by atoms with E-state index in [9.17, 15) is 0 Å². The van der Waals surface area contributed by atoms with Gasteiger partial charge in [0.15, 0.2) is 5.84 Å². The summed E-state index contributed by atoms with van der Waals surface area (Å²) >= 11 is 1.71. The van der Waals surface area contributed by atoms with Gasteiger partial charge in [0.25, 0.3) is 0 Å². The predicted molar refractivity (Wildman–Crippen MR) is 88.1 cm³/mol. The normalized spacial score (nSPS) is 11.9. The first-order valence-corrected chi connectivity index (χ1v) is 8.05. The molecule has 0 atom stereocenters. The van der Waals surface area contributed by atoms with Gasteiger partial charge in [0.05, 0.1) is 5.56 Å². The van der Waals surface area contributed by atoms with Gasteiger partial charge in [0, 0.05) is 23.7 Å². The summed E-state index contributed by atoms with van der Waals surface area (Å²) in [6.45, 7) is 6.45. The highest BCUT2D eigenvalue weighted by Gasteiger charge is 2.19. The Bertz CT molecular complexity index is 458. The zero-order chi connectivity index (χ0) is 15.1. The average Bonchev–Trinajstić information content (AvgIpc) is 2.47. The van der Waals surface area contributed by atoms with Crippen LogP contribution in [0.5, 0.6) is 0 Å². The third-order valence-electron chi connectivity index (χ3n) is 3.54. The van der Waals surface area contributed by atoms with E-state index >= 15 is 0 Å². The molecule has 0 saturated heterocycles. The van der Waals surface area contributed by atoms with Crippen molar-refractivity contribution in [1.29, 1.82) is 0 Å². The lowest BCUT2D eigenvalue weighted by Crippen LogP contribution is -2.32. The summed E-state index contributed by atoms with van der Waals surface area (Å²) in [5.74, 6) is 1.12. The Balaban J connectivity index is 3.34. The van der Waals surface area contributed by atoms with E-state index in [1.165, 1.54) is 0 Å². The minimum absolute atomic E-state index is 0.175. The van der Waals surface area contributed by atoms with Gasteiger partial charge in [-0.1, -0.05) is 32.0 Å². The van der Waals surface area contributed by atoms with Crippen LogP contribution >= 0.6 is 11.8 Å². The topological polar surface area (TPSA) is 61.8 Å². The van der Waals surface area contributed by atoms with Gasteiger partial charge in [-0.3, -0.25) is 0 Å². The van der Waals surface area contributed by atoms with Crippen molar-refractivity contribution >= 4 is 23.3 Å². The monoisotopic (exact) mass is 295 g/mol. The molecule has 3 N–H and O–H groups in total. The molecule has 1 rings (SSSR count). The maximum absolute atomic E-state index is 9.08. The third kappa shape index (κ3) is 3.60. The number of hydrogen-bond donors (Lipinski definition) is 2. The van der Waals surface area contributed by atoms with Crippen LogP contribution in [0.25, 0.3) is 0 Å². The van der Waals surface area contributed by atoms with Crippen molar-refractivity contribution in [3.8, 4) is 0 Å². The highest BCUT2D eigenvalue weighted by molar-refractivity contribution is 7.99. The Hall–Kier alpha value is -1.36. The number of oxime groups is 1. The molecule has 1 aromatic rings. The molecule has 0 amide bonds. The van der Waals surface area contributed by atoms with Crippen molar-refractivity contribution in [2.45, 2.75) is 44.6 Å². The number of nitrogens with zero attached hydrogens (tertiary/aromatic N) is 2. The summed E-state index contributed by atoms with van der Waals surface area (Å²) in [6, 6.07) is 6.53. The second-order valence-corrected chi connectivity index (χ2v) is 5.96. The quantitative estimate of drug-likeness (QED) is 0.266. The molecule has 0 aromatic heterocycles. The Morgan fingerprint density at radius 3 is 2.50 bits per heavy atom. The number of amidine groups is 1. The minimum atomic E-state index is 0.175. The summed E-state index contributed by atoms with van der Waals surface area (Å²) in [5, 5.41) is 12.3. The molecule has 0 spiro atoms. The molecule has 5 heteroatoms. The lowest BCUT2D eigenvalue weighted by atomic mass is 10.1. The van der Waals surface area contributed by atoms with Crippen LogP contribution < -0.4 is 10.6 Å². The van der Waals surface area contributed by atoms with E-state index in [0.29, 0.717) is 6.04 Å². The molecule has 0 fully saturated rings. The first-order chi connectivity index (χ1) is 9.60. The van der Waals surface area contributed by atoms with Crippen LogP contribution in [0.2, 0.25) is 0 Å². The number of hydrogen-bond acceptors (Lipinski definition) is 4. The van der Waals surface area contributed by atoms with Crippen molar-refractivity contribution in [1.82, 2.24) is 0 Å². The van der Waals surface area contributed by atoms with Crippen molar-refractivity contribution in [2.24, 2.45) is 10.9 Å². The summed E-state index contributed by atoms with van der Waals surface area (Å²) in [5.41, 5.74) is 7.76. The Morgan fingerprint density at radius 2 is 2.00 bits per heavy atom. The smallest absolute Gasteiger partial charge is 0.173 e. The first kappa shape index (κ1) is 16.7. The number of thioether (sulfide) groups is 1. The molecule has 0 aliphatic carbocycles. The van der Waals surface area contributed by atoms with Gasteiger partial charge in [-0.05, 0) is 30.7 Å². The summed E-state index contributed by atoms with van der Waals surface area (Å²) in [4.78, 5) is 3.28. The molecule has 20 heavy (non-hydrogen) atoms. The van der Waals surface area contributed by atoms with Crippen molar-refractivity contribution in [2.75, 3.05) is 17.7 Å². The van der Waals surface area contributed by atoms with Gasteiger partial charge in [-0.25, -0.2) is 0 Å². The molecule has 0 bridgehead atoms. The van der Waals surface area contributed by atoms with Crippen LogP contribution in [0.1, 0.15) is 39.2 Å². The van der Waals surface area contributed by atoms with E-state index in [1.807, 2.05) is 18.2 Å². The number of anilines is 1. The van der Waals surface area contributed by atoms with Crippen LogP contribution in [-0.2, 0) is 0 Å². The zero-order valence-electron chi connectivity index (χ0n) is 12.8. The molecule has 4 nitrogen and oxygen atoms in total. The summed E-state index contributed by atoms with van der Waals surface area (Å²) in [7, 11) is 2.07. The van der Waals surface area contributed by atoms with Gasteiger partial charge in [-0.2, -0.15) is 0 Å². The highest BCUT2D eigenvalue weighted by atomic mass is 32.2. The molecule has 0 heterocycles. The molecular weight excluding hydrogens is 270 g/mol. The first-order valence-electron chi connectivity index (χ1n) is 7.07. The molecule has 112 valence electrons. The number of rotatable bonds is 7. The molecule has 0 radical (unpaired) electrons. The van der Waals surface area contributed by atoms with Crippen LogP contribution in [0.4, 0.5) is 5.69 Å². The standard InChI is InChI=1S/C15H25N3OS/c1-5-11(6-2)18(4)12-9-8-10-13(20-7-3)14(12)15(16)17-19/h8-11,19H,5-7H2,1-4H3,(H2,16,17). The molecule has 0 aliphatic rings. The van der Waals surface area contributed by atoms with Gasteiger partial charge >= 0.3 is 0 Å². The van der Waals surface area contributed by atoms with Crippen LogP contribution in [-0.4, -0.2) is 29.9 Å². The average molecular weight is 295 g/mol. The Morgan fingerprint density at radius 1 is 1.35 bits per heavy atom. The lowest BCUT2D eigenvalue weighted by molar-refractivity contribution is 0.318. The van der Waals surface area contributed by atoms with Crippen molar-refractivity contribution < 1.29 is 5.21 Å². The lowest BCUT2D eigenvalue weighted by Gasteiger charge is -2.30. The maximum Gasteiger partial charge on any atom is 0.173 e. The zero-order valence-corrected chi connectivity index (χ0v) is 13.6. The molecular formula is C15H25N3OS. The largest absolute Gasteiger partial charge is 0.409 e. The van der Waals surface area contributed by atoms with Gasteiger partial charge in [0.2, 0.25) is 0 Å². The second kappa shape index (κ2) is 8.04. The van der Waals surface area contributed by atoms with E-state index in [0.717, 1.165) is 34.7 Å². The summed E-state index contributed by atoms with van der Waals surface area (Å²) < 4.78 is 0. The second-order valence-electron chi connectivity index (χ2n) is 4.65. The van der Waals surface area contributed by atoms with E-state index < -0.39 is 0 Å². The van der Waals surface area contributed by atoms with Gasteiger partial charge < -0.3 is 15.8 Å². The Kier molecular flexibility index (Phi) is 6.71. The Labute approximate surface area is 126 Å². The fourth-order valence-electron chi connectivity index (χ4n) is 2.43. The van der Waals surface area contributed by atoms with Crippen LogP contribution in [0, 0.1) is 0 Å². The van der Waals surface area contributed by atoms with E-state index in [-0.39, 0.29) is 5.84 Å². The van der Waals surface area contributed by atoms with E-state index in [1.54, 1.807) is 11.8 Å². The number of nitrogens with two attached hydrogens (primary N) is 1. The molecule has 0 saturated carbocycles. The predicted octanol–water partition coefficient (Wildman–Crippen LogP) is 3.52. The fraction of sp³-hybridized carbons (Fsp3) is 0.533. The fourth-order valence-corrected chi connectivity index (χ4v) is 3.27. The van der Waals surface area contributed by atoms with Crippen molar-refractivity contribution in [3.05, 3.63) is 23.8 Å². The summed E-state index contributed by atoms with van der Waals surface area (Å²) in [6.07, 6.45) is 2.13.